The molecule has 6 nitrogen and oxygen atoms in total. The fraction of sp³-hybridized carbons (Fsp3) is 0.583. The largest absolute Gasteiger partial charge is 0.480 e. The van der Waals surface area contributed by atoms with Gasteiger partial charge in [0.15, 0.2) is 0 Å². The van der Waals surface area contributed by atoms with Gasteiger partial charge in [-0.25, -0.2) is 4.79 Å². The Kier molecular flexibility index (Phi) is 4.32. The zero-order valence-electron chi connectivity index (χ0n) is 10.4. The molecule has 98 valence electrons. The molecule has 2 amide bonds. The highest BCUT2D eigenvalue weighted by Gasteiger charge is 2.38. The van der Waals surface area contributed by atoms with Crippen molar-refractivity contribution in [2.45, 2.75) is 19.9 Å². The summed E-state index contributed by atoms with van der Waals surface area (Å²) in [6.45, 7) is 3.09. The second-order valence-electron chi connectivity index (χ2n) is 4.50. The molecular formula is C12H16N2O4. The molecule has 1 aliphatic rings. The van der Waals surface area contributed by atoms with E-state index in [0.29, 0.717) is 0 Å². The normalized spacial score (nSPS) is 17.9. The molecule has 1 heterocycles. The van der Waals surface area contributed by atoms with Crippen molar-refractivity contribution in [2.24, 2.45) is 5.92 Å². The number of nitrogens with zero attached hydrogens (tertiary/aromatic N) is 2. The molecule has 0 spiro atoms. The summed E-state index contributed by atoms with van der Waals surface area (Å²) in [5.74, 6) is 0.227. The Balaban J connectivity index is 2.87. The van der Waals surface area contributed by atoms with Crippen molar-refractivity contribution >= 4 is 17.8 Å². The lowest BCUT2D eigenvalue weighted by atomic mass is 10.0. The highest BCUT2D eigenvalue weighted by molar-refractivity contribution is 5.95. The zero-order valence-corrected chi connectivity index (χ0v) is 10.4. The molecule has 18 heavy (non-hydrogen) atoms. The van der Waals surface area contributed by atoms with Gasteiger partial charge in [-0.3, -0.25) is 9.59 Å². The second kappa shape index (κ2) is 5.54. The lowest BCUT2D eigenvalue weighted by Gasteiger charge is -2.37. The molecule has 0 bridgehead atoms. The molecule has 0 aromatic rings. The maximum atomic E-state index is 11.9. The Morgan fingerprint density at radius 2 is 2.00 bits per heavy atom. The number of carbonyl (C=O) groups is 3. The van der Waals surface area contributed by atoms with Crippen LogP contribution in [-0.4, -0.2) is 58.4 Å². The van der Waals surface area contributed by atoms with Crippen LogP contribution in [0.4, 0.5) is 0 Å². The summed E-state index contributed by atoms with van der Waals surface area (Å²) in [6.07, 6.45) is 5.10. The first kappa shape index (κ1) is 14.0. The van der Waals surface area contributed by atoms with Gasteiger partial charge in [-0.15, -0.1) is 6.42 Å². The van der Waals surface area contributed by atoms with Gasteiger partial charge in [0, 0.05) is 0 Å². The number of carbonyl (C=O) groups excluding carboxylic acids is 2. The van der Waals surface area contributed by atoms with Gasteiger partial charge < -0.3 is 14.9 Å². The van der Waals surface area contributed by atoms with Crippen LogP contribution in [0, 0.1) is 18.3 Å². The molecule has 1 unspecified atom stereocenters. The number of hydrogen-bond acceptors (Lipinski definition) is 3. The predicted molar refractivity (Wildman–Crippen MR) is 63.4 cm³/mol. The van der Waals surface area contributed by atoms with Crippen molar-refractivity contribution in [3.8, 4) is 12.3 Å². The Labute approximate surface area is 106 Å². The molecular weight excluding hydrogens is 236 g/mol. The molecule has 1 fully saturated rings. The third-order valence-electron chi connectivity index (χ3n) is 2.81. The monoisotopic (exact) mass is 252 g/mol. The van der Waals surface area contributed by atoms with Crippen LogP contribution in [0.3, 0.4) is 0 Å². The molecule has 6 heteroatoms. The molecule has 0 aromatic heterocycles. The number of carboxylic acid groups (broad SMARTS) is 1. The van der Waals surface area contributed by atoms with Crippen LogP contribution in [0.2, 0.25) is 0 Å². The minimum absolute atomic E-state index is 0.0673. The van der Waals surface area contributed by atoms with E-state index in [4.69, 9.17) is 11.5 Å². The molecule has 0 aliphatic carbocycles. The summed E-state index contributed by atoms with van der Waals surface area (Å²) < 4.78 is 0. The fourth-order valence-corrected chi connectivity index (χ4v) is 1.96. The number of hydrogen-bond donors (Lipinski definition) is 1. The van der Waals surface area contributed by atoms with Crippen LogP contribution in [0.15, 0.2) is 0 Å². The topological polar surface area (TPSA) is 77.9 Å². The van der Waals surface area contributed by atoms with Crippen molar-refractivity contribution in [3.63, 3.8) is 0 Å². The van der Waals surface area contributed by atoms with Gasteiger partial charge >= 0.3 is 5.97 Å². The molecule has 1 saturated heterocycles. The van der Waals surface area contributed by atoms with Crippen molar-refractivity contribution < 1.29 is 19.5 Å². The maximum Gasteiger partial charge on any atom is 0.326 e. The Morgan fingerprint density at radius 1 is 1.39 bits per heavy atom. The first-order valence-electron chi connectivity index (χ1n) is 5.62. The fourth-order valence-electron chi connectivity index (χ4n) is 1.96. The summed E-state index contributed by atoms with van der Waals surface area (Å²) in [4.78, 5) is 37.1. The van der Waals surface area contributed by atoms with Crippen LogP contribution in [-0.2, 0) is 14.4 Å². The number of amides is 2. The van der Waals surface area contributed by atoms with Gasteiger partial charge in [0.25, 0.3) is 0 Å². The number of terminal acetylenes is 1. The summed E-state index contributed by atoms with van der Waals surface area (Å²) in [7, 11) is 0. The van der Waals surface area contributed by atoms with E-state index in [-0.39, 0.29) is 37.4 Å². The van der Waals surface area contributed by atoms with E-state index in [2.05, 4.69) is 5.92 Å². The van der Waals surface area contributed by atoms with E-state index in [1.165, 1.54) is 4.90 Å². The van der Waals surface area contributed by atoms with Gasteiger partial charge in [-0.05, 0) is 5.92 Å². The highest BCUT2D eigenvalue weighted by Crippen LogP contribution is 2.15. The Morgan fingerprint density at radius 3 is 2.44 bits per heavy atom. The predicted octanol–water partition coefficient (Wildman–Crippen LogP) is -0.600. The average Bonchev–Trinajstić information content (AvgIpc) is 2.24. The van der Waals surface area contributed by atoms with Gasteiger partial charge in [0.2, 0.25) is 11.8 Å². The van der Waals surface area contributed by atoms with Crippen LogP contribution in [0.5, 0.6) is 0 Å². The molecule has 1 N–H and O–H groups in total. The van der Waals surface area contributed by atoms with Crippen molar-refractivity contribution in [1.82, 2.24) is 9.80 Å². The van der Waals surface area contributed by atoms with Crippen molar-refractivity contribution in [2.75, 3.05) is 19.6 Å². The molecule has 0 radical (unpaired) electrons. The quantitative estimate of drug-likeness (QED) is 0.678. The molecule has 1 aliphatic heterocycles. The summed E-state index contributed by atoms with van der Waals surface area (Å²) in [5.41, 5.74) is 0. The van der Waals surface area contributed by atoms with Gasteiger partial charge in [-0.2, -0.15) is 0 Å². The molecule has 0 aromatic carbocycles. The maximum absolute atomic E-state index is 11.9. The molecule has 1 rings (SSSR count). The second-order valence-corrected chi connectivity index (χ2v) is 4.50. The van der Waals surface area contributed by atoms with E-state index in [1.54, 1.807) is 13.8 Å². The first-order chi connectivity index (χ1) is 8.38. The average molecular weight is 252 g/mol. The van der Waals surface area contributed by atoms with Gasteiger partial charge in [0.05, 0.1) is 6.54 Å². The summed E-state index contributed by atoms with van der Waals surface area (Å²) >= 11 is 0. The summed E-state index contributed by atoms with van der Waals surface area (Å²) in [6, 6.07) is -0.977. The highest BCUT2D eigenvalue weighted by atomic mass is 16.4. The number of piperazine rings is 1. The molecule has 0 saturated carbocycles. The third-order valence-corrected chi connectivity index (χ3v) is 2.81. The van der Waals surface area contributed by atoms with Crippen molar-refractivity contribution in [3.05, 3.63) is 0 Å². The van der Waals surface area contributed by atoms with E-state index < -0.39 is 12.0 Å². The SMILES string of the molecule is C#CCN1CC(=O)N(C(C(=O)O)C(C)C)CC1=O. The Hall–Kier alpha value is -2.03. The van der Waals surface area contributed by atoms with Crippen LogP contribution in [0.25, 0.3) is 0 Å². The Bertz CT molecular complexity index is 411. The third kappa shape index (κ3) is 2.80. The van der Waals surface area contributed by atoms with E-state index in [9.17, 15) is 14.4 Å². The van der Waals surface area contributed by atoms with Crippen LogP contribution >= 0.6 is 0 Å². The zero-order chi connectivity index (χ0) is 13.9. The van der Waals surface area contributed by atoms with Crippen LogP contribution in [0.1, 0.15) is 13.8 Å². The van der Waals surface area contributed by atoms with Gasteiger partial charge in [-0.1, -0.05) is 19.8 Å². The standard InChI is InChI=1S/C12H16N2O4/c1-4-5-13-6-10(16)14(7-9(13)15)11(8(2)3)12(17)18/h1,8,11H,5-7H2,2-3H3,(H,17,18). The lowest BCUT2D eigenvalue weighted by Crippen LogP contribution is -2.59. The number of carboxylic acids is 1. The minimum Gasteiger partial charge on any atom is -0.480 e. The van der Waals surface area contributed by atoms with E-state index in [0.717, 1.165) is 4.90 Å². The lowest BCUT2D eigenvalue weighted by molar-refractivity contribution is -0.160. The minimum atomic E-state index is -1.10. The smallest absolute Gasteiger partial charge is 0.326 e. The van der Waals surface area contributed by atoms with E-state index >= 15 is 0 Å². The van der Waals surface area contributed by atoms with Crippen molar-refractivity contribution in [1.29, 1.82) is 0 Å². The van der Waals surface area contributed by atoms with Crippen LogP contribution < -0.4 is 0 Å². The molecule has 1 atom stereocenters. The van der Waals surface area contributed by atoms with E-state index in [1.807, 2.05) is 0 Å². The van der Waals surface area contributed by atoms with Gasteiger partial charge in [0.1, 0.15) is 19.1 Å². The number of aliphatic carboxylic acids is 1. The number of rotatable bonds is 4. The first-order valence-corrected chi connectivity index (χ1v) is 5.62. The summed E-state index contributed by atoms with van der Waals surface area (Å²) in [5, 5.41) is 9.12.